The Hall–Kier alpha value is -2.73. The Morgan fingerprint density at radius 1 is 0.842 bits per heavy atom. The third-order valence-electron chi connectivity index (χ3n) is 6.75. The largest absolute Gasteiger partial charge is 0.482 e. The molecule has 0 spiro atoms. The van der Waals surface area contributed by atoms with Gasteiger partial charge < -0.3 is 15.0 Å². The SMILES string of the molecule is O=C(NC1CCCCC1)[C@H](Cc1ccccc1)N(Cc1ccc(Cl)c(Cl)c1)C(=O)COc1ccccc1Cl. The van der Waals surface area contributed by atoms with Crippen molar-refractivity contribution >= 4 is 46.6 Å². The Kier molecular flexibility index (Phi) is 10.3. The number of para-hydroxylation sites is 1. The molecule has 2 amide bonds. The van der Waals surface area contributed by atoms with E-state index in [1.807, 2.05) is 36.4 Å². The van der Waals surface area contributed by atoms with Gasteiger partial charge in [-0.2, -0.15) is 0 Å². The topological polar surface area (TPSA) is 58.6 Å². The van der Waals surface area contributed by atoms with E-state index < -0.39 is 6.04 Å². The Bertz CT molecular complexity index is 1230. The first kappa shape index (κ1) is 28.3. The zero-order valence-electron chi connectivity index (χ0n) is 21.0. The molecular formula is C30H31Cl3N2O3. The van der Waals surface area contributed by atoms with E-state index in [9.17, 15) is 9.59 Å². The van der Waals surface area contributed by atoms with Gasteiger partial charge in [0.05, 0.1) is 15.1 Å². The molecule has 1 aliphatic carbocycles. The summed E-state index contributed by atoms with van der Waals surface area (Å²) in [5.74, 6) is -0.106. The third-order valence-corrected chi connectivity index (χ3v) is 7.80. The van der Waals surface area contributed by atoms with Crippen LogP contribution in [-0.4, -0.2) is 35.4 Å². The molecule has 0 bridgehead atoms. The number of hydrogen-bond acceptors (Lipinski definition) is 3. The number of rotatable bonds is 10. The first-order chi connectivity index (χ1) is 18.4. The fraction of sp³-hybridized carbons (Fsp3) is 0.333. The van der Waals surface area contributed by atoms with E-state index in [1.165, 1.54) is 6.42 Å². The molecule has 8 heteroatoms. The lowest BCUT2D eigenvalue weighted by Crippen LogP contribution is -2.53. The molecule has 3 aromatic carbocycles. The van der Waals surface area contributed by atoms with Crippen LogP contribution >= 0.6 is 34.8 Å². The van der Waals surface area contributed by atoms with E-state index in [2.05, 4.69) is 5.32 Å². The van der Waals surface area contributed by atoms with E-state index in [-0.39, 0.29) is 31.0 Å². The molecule has 4 rings (SSSR count). The number of halogens is 3. The molecule has 200 valence electrons. The number of nitrogens with zero attached hydrogens (tertiary/aromatic N) is 1. The zero-order chi connectivity index (χ0) is 26.9. The van der Waals surface area contributed by atoms with Crippen LogP contribution in [0, 0.1) is 0 Å². The van der Waals surface area contributed by atoms with E-state index in [1.54, 1.807) is 41.3 Å². The number of hydrogen-bond donors (Lipinski definition) is 1. The van der Waals surface area contributed by atoms with Crippen molar-refractivity contribution in [3.63, 3.8) is 0 Å². The van der Waals surface area contributed by atoms with Crippen molar-refractivity contribution in [2.75, 3.05) is 6.61 Å². The third kappa shape index (κ3) is 7.89. The lowest BCUT2D eigenvalue weighted by molar-refractivity contribution is -0.143. The fourth-order valence-corrected chi connectivity index (χ4v) is 5.23. The summed E-state index contributed by atoms with van der Waals surface area (Å²) >= 11 is 18.7. The Morgan fingerprint density at radius 3 is 2.26 bits per heavy atom. The standard InChI is InChI=1S/C30H31Cl3N2O3/c31-24-16-15-22(17-26(24)33)19-35(29(36)20-38-28-14-8-7-13-25(28)32)27(18-21-9-3-1-4-10-21)30(37)34-23-11-5-2-6-12-23/h1,3-4,7-10,13-17,23,27H,2,5-6,11-12,18-20H2,(H,34,37)/t27-/m0/s1. The summed E-state index contributed by atoms with van der Waals surface area (Å²) < 4.78 is 5.79. The second-order valence-electron chi connectivity index (χ2n) is 9.54. The predicted octanol–water partition coefficient (Wildman–Crippen LogP) is 7.11. The van der Waals surface area contributed by atoms with E-state index in [4.69, 9.17) is 39.5 Å². The van der Waals surface area contributed by atoms with Gasteiger partial charge in [0.2, 0.25) is 5.91 Å². The van der Waals surface area contributed by atoms with Crippen molar-refractivity contribution < 1.29 is 14.3 Å². The molecule has 1 saturated carbocycles. The molecule has 0 aromatic heterocycles. The normalized spacial score (nSPS) is 14.5. The molecule has 1 atom stereocenters. The van der Waals surface area contributed by atoms with Crippen LogP contribution in [0.4, 0.5) is 0 Å². The summed E-state index contributed by atoms with van der Waals surface area (Å²) in [6.07, 6.45) is 5.61. The van der Waals surface area contributed by atoms with Crippen LogP contribution in [-0.2, 0) is 22.6 Å². The van der Waals surface area contributed by atoms with Crippen LogP contribution in [0.25, 0.3) is 0 Å². The van der Waals surface area contributed by atoms with E-state index in [0.717, 1.165) is 36.8 Å². The molecule has 0 radical (unpaired) electrons. The maximum Gasteiger partial charge on any atom is 0.261 e. The Labute approximate surface area is 239 Å². The van der Waals surface area contributed by atoms with Gasteiger partial charge in [-0.3, -0.25) is 9.59 Å². The van der Waals surface area contributed by atoms with Crippen LogP contribution in [0.5, 0.6) is 5.75 Å². The number of nitrogens with one attached hydrogen (secondary N) is 1. The summed E-state index contributed by atoms with van der Waals surface area (Å²) in [5, 5.41) is 4.44. The predicted molar refractivity (Wildman–Crippen MR) is 153 cm³/mol. The van der Waals surface area contributed by atoms with Gasteiger partial charge in [0, 0.05) is 19.0 Å². The van der Waals surface area contributed by atoms with Crippen molar-refractivity contribution in [3.8, 4) is 5.75 Å². The number of benzene rings is 3. The Morgan fingerprint density at radius 2 is 1.55 bits per heavy atom. The molecule has 38 heavy (non-hydrogen) atoms. The van der Waals surface area contributed by atoms with Crippen LogP contribution in [0.15, 0.2) is 72.8 Å². The molecule has 3 aromatic rings. The van der Waals surface area contributed by atoms with Crippen LogP contribution < -0.4 is 10.1 Å². The molecule has 1 fully saturated rings. The highest BCUT2D eigenvalue weighted by Crippen LogP contribution is 2.26. The van der Waals surface area contributed by atoms with E-state index >= 15 is 0 Å². The van der Waals surface area contributed by atoms with E-state index in [0.29, 0.717) is 27.2 Å². The first-order valence-electron chi connectivity index (χ1n) is 12.9. The van der Waals surface area contributed by atoms with Gasteiger partial charge in [0.1, 0.15) is 11.8 Å². The summed E-state index contributed by atoms with van der Waals surface area (Å²) in [7, 11) is 0. The average molecular weight is 574 g/mol. The molecule has 5 nitrogen and oxygen atoms in total. The lowest BCUT2D eigenvalue weighted by Gasteiger charge is -2.33. The highest BCUT2D eigenvalue weighted by atomic mass is 35.5. The number of carbonyl (C=O) groups is 2. The number of carbonyl (C=O) groups excluding carboxylic acids is 2. The number of ether oxygens (including phenoxy) is 1. The van der Waals surface area contributed by atoms with Gasteiger partial charge in [-0.15, -0.1) is 0 Å². The van der Waals surface area contributed by atoms with Gasteiger partial charge in [0.25, 0.3) is 5.91 Å². The molecule has 1 aliphatic rings. The van der Waals surface area contributed by atoms with Crippen LogP contribution in [0.3, 0.4) is 0 Å². The van der Waals surface area contributed by atoms with Gasteiger partial charge >= 0.3 is 0 Å². The lowest BCUT2D eigenvalue weighted by atomic mass is 9.94. The molecule has 0 heterocycles. The Balaban J connectivity index is 1.63. The molecule has 0 aliphatic heterocycles. The second kappa shape index (κ2) is 13.9. The van der Waals surface area contributed by atoms with Crippen molar-refractivity contribution in [2.45, 2.75) is 57.2 Å². The summed E-state index contributed by atoms with van der Waals surface area (Å²) in [4.78, 5) is 29.1. The minimum Gasteiger partial charge on any atom is -0.482 e. The minimum atomic E-state index is -0.754. The molecule has 0 unspecified atom stereocenters. The van der Waals surface area contributed by atoms with Crippen molar-refractivity contribution in [2.24, 2.45) is 0 Å². The van der Waals surface area contributed by atoms with Gasteiger partial charge in [-0.1, -0.05) is 103 Å². The van der Waals surface area contributed by atoms with Crippen LogP contribution in [0.2, 0.25) is 15.1 Å². The highest BCUT2D eigenvalue weighted by molar-refractivity contribution is 6.42. The molecular weight excluding hydrogens is 543 g/mol. The summed E-state index contributed by atoms with van der Waals surface area (Å²) in [6.45, 7) is -0.107. The molecule has 1 N–H and O–H groups in total. The van der Waals surface area contributed by atoms with Crippen LogP contribution in [0.1, 0.15) is 43.2 Å². The van der Waals surface area contributed by atoms with Gasteiger partial charge in [-0.25, -0.2) is 0 Å². The number of amides is 2. The van der Waals surface area contributed by atoms with Gasteiger partial charge in [-0.05, 0) is 48.2 Å². The zero-order valence-corrected chi connectivity index (χ0v) is 23.3. The first-order valence-corrected chi connectivity index (χ1v) is 14.0. The van der Waals surface area contributed by atoms with Crippen molar-refractivity contribution in [1.82, 2.24) is 10.2 Å². The highest BCUT2D eigenvalue weighted by Gasteiger charge is 2.32. The van der Waals surface area contributed by atoms with Crippen molar-refractivity contribution in [1.29, 1.82) is 0 Å². The monoisotopic (exact) mass is 572 g/mol. The fourth-order valence-electron chi connectivity index (χ4n) is 4.72. The second-order valence-corrected chi connectivity index (χ2v) is 10.8. The van der Waals surface area contributed by atoms with Gasteiger partial charge in [0.15, 0.2) is 6.61 Å². The average Bonchev–Trinajstić information content (AvgIpc) is 2.93. The molecule has 0 saturated heterocycles. The summed E-state index contributed by atoms with van der Waals surface area (Å²) in [5.41, 5.74) is 1.71. The quantitative estimate of drug-likeness (QED) is 0.281. The van der Waals surface area contributed by atoms with Crippen molar-refractivity contribution in [3.05, 3.63) is 99.0 Å². The maximum atomic E-state index is 13.8. The summed E-state index contributed by atoms with van der Waals surface area (Å²) in [6, 6.07) is 21.3. The maximum absolute atomic E-state index is 13.8. The minimum absolute atomic E-state index is 0.107. The smallest absolute Gasteiger partial charge is 0.261 e.